The van der Waals surface area contributed by atoms with E-state index in [-0.39, 0.29) is 6.04 Å². The third-order valence-corrected chi connectivity index (χ3v) is 3.86. The molecule has 1 saturated carbocycles. The average molecular weight is 237 g/mol. The topological polar surface area (TPSA) is 64.1 Å². The zero-order chi connectivity index (χ0) is 12.5. The van der Waals surface area contributed by atoms with Crippen LogP contribution in [0.15, 0.2) is 6.07 Å². The van der Waals surface area contributed by atoms with E-state index >= 15 is 0 Å². The molecule has 2 rings (SSSR count). The molecule has 17 heavy (non-hydrogen) atoms. The molecular weight excluding hydrogens is 214 g/mol. The highest BCUT2D eigenvalue weighted by molar-refractivity contribution is 5.13. The Hall–Kier alpha value is -0.870. The summed E-state index contributed by atoms with van der Waals surface area (Å²) in [7, 11) is 1.95. The van der Waals surface area contributed by atoms with Gasteiger partial charge in [0.15, 0.2) is 0 Å². The van der Waals surface area contributed by atoms with Crippen molar-refractivity contribution in [2.45, 2.75) is 57.1 Å². The van der Waals surface area contributed by atoms with Crippen molar-refractivity contribution in [3.8, 4) is 0 Å². The van der Waals surface area contributed by atoms with E-state index in [4.69, 9.17) is 5.73 Å². The predicted octanol–water partition coefficient (Wildman–Crippen LogP) is 1.16. The molecule has 1 heterocycles. The summed E-state index contributed by atoms with van der Waals surface area (Å²) in [6, 6.07) is 2.37. The van der Waals surface area contributed by atoms with E-state index in [1.165, 1.54) is 0 Å². The highest BCUT2D eigenvalue weighted by Gasteiger charge is 2.33. The molecule has 1 aliphatic rings. The second-order valence-corrected chi connectivity index (χ2v) is 5.34. The molecule has 4 heteroatoms. The first-order valence-corrected chi connectivity index (χ1v) is 6.52. The predicted molar refractivity (Wildman–Crippen MR) is 67.7 cm³/mol. The van der Waals surface area contributed by atoms with E-state index in [1.807, 2.05) is 11.7 Å². The van der Waals surface area contributed by atoms with Gasteiger partial charge in [-0.1, -0.05) is 6.92 Å². The van der Waals surface area contributed by atoms with Crippen LogP contribution < -0.4 is 5.73 Å². The Labute approximate surface area is 103 Å². The van der Waals surface area contributed by atoms with E-state index in [2.05, 4.69) is 18.1 Å². The van der Waals surface area contributed by atoms with Crippen LogP contribution in [0.4, 0.5) is 0 Å². The van der Waals surface area contributed by atoms with Crippen LogP contribution in [0, 0.1) is 0 Å². The zero-order valence-electron chi connectivity index (χ0n) is 10.8. The number of nitrogens with two attached hydrogens (primary N) is 1. The summed E-state index contributed by atoms with van der Waals surface area (Å²) in [5, 5.41) is 15.0. The van der Waals surface area contributed by atoms with Crippen LogP contribution in [0.2, 0.25) is 0 Å². The number of aromatic nitrogens is 2. The van der Waals surface area contributed by atoms with Gasteiger partial charge in [0.25, 0.3) is 0 Å². The Morgan fingerprint density at radius 3 is 2.71 bits per heavy atom. The van der Waals surface area contributed by atoms with Crippen molar-refractivity contribution in [3.05, 3.63) is 17.5 Å². The van der Waals surface area contributed by atoms with Crippen molar-refractivity contribution in [1.82, 2.24) is 9.78 Å². The van der Waals surface area contributed by atoms with Gasteiger partial charge in [0, 0.05) is 25.2 Å². The van der Waals surface area contributed by atoms with E-state index in [0.717, 1.165) is 43.5 Å². The molecule has 3 N–H and O–H groups in total. The van der Waals surface area contributed by atoms with Crippen molar-refractivity contribution in [2.24, 2.45) is 12.8 Å². The van der Waals surface area contributed by atoms with Gasteiger partial charge in [-0.05, 0) is 38.2 Å². The van der Waals surface area contributed by atoms with Gasteiger partial charge in [0.2, 0.25) is 0 Å². The molecule has 0 amide bonds. The first-order valence-electron chi connectivity index (χ1n) is 6.52. The van der Waals surface area contributed by atoms with Gasteiger partial charge in [-0.25, -0.2) is 0 Å². The van der Waals surface area contributed by atoms with Gasteiger partial charge in [0.05, 0.1) is 11.3 Å². The molecule has 0 radical (unpaired) electrons. The Morgan fingerprint density at radius 2 is 2.18 bits per heavy atom. The van der Waals surface area contributed by atoms with Crippen LogP contribution in [-0.2, 0) is 19.9 Å². The summed E-state index contributed by atoms with van der Waals surface area (Å²) in [5.41, 5.74) is 7.52. The number of aliphatic hydroxyl groups is 1. The molecule has 1 aromatic rings. The van der Waals surface area contributed by atoms with Gasteiger partial charge < -0.3 is 10.8 Å². The monoisotopic (exact) mass is 237 g/mol. The Morgan fingerprint density at radius 1 is 1.53 bits per heavy atom. The van der Waals surface area contributed by atoms with Crippen LogP contribution in [0.3, 0.4) is 0 Å². The molecule has 0 atom stereocenters. The summed E-state index contributed by atoms with van der Waals surface area (Å²) in [6.07, 6.45) is 5.10. The Bertz CT molecular complexity index is 378. The fourth-order valence-electron chi connectivity index (χ4n) is 2.60. The SMILES string of the molecule is CCc1cc(CC2(O)CCC(N)CC2)n(C)n1. The Kier molecular flexibility index (Phi) is 3.54. The van der Waals surface area contributed by atoms with Crippen LogP contribution >= 0.6 is 0 Å². The third kappa shape index (κ3) is 2.87. The Balaban J connectivity index is 2.06. The lowest BCUT2D eigenvalue weighted by molar-refractivity contribution is -0.00130. The molecule has 0 unspecified atom stereocenters. The number of aryl methyl sites for hydroxylation is 2. The van der Waals surface area contributed by atoms with Crippen molar-refractivity contribution in [3.63, 3.8) is 0 Å². The summed E-state index contributed by atoms with van der Waals surface area (Å²) in [4.78, 5) is 0. The van der Waals surface area contributed by atoms with Crippen LogP contribution in [-0.4, -0.2) is 26.5 Å². The van der Waals surface area contributed by atoms with Crippen LogP contribution in [0.1, 0.15) is 44.0 Å². The standard InChI is InChI=1S/C13H23N3O/c1-3-11-8-12(16(2)15-11)9-13(17)6-4-10(14)5-7-13/h8,10,17H,3-7,9,14H2,1-2H3. The minimum atomic E-state index is -0.575. The van der Waals surface area contributed by atoms with E-state index in [0.29, 0.717) is 6.42 Å². The number of nitrogens with zero attached hydrogens (tertiary/aromatic N) is 2. The minimum absolute atomic E-state index is 0.271. The molecule has 1 aromatic heterocycles. The number of rotatable bonds is 3. The van der Waals surface area contributed by atoms with Gasteiger partial charge in [-0.2, -0.15) is 5.10 Å². The first kappa shape index (κ1) is 12.6. The van der Waals surface area contributed by atoms with Gasteiger partial charge in [0.1, 0.15) is 0 Å². The summed E-state index contributed by atoms with van der Waals surface area (Å²) in [5.74, 6) is 0. The number of hydrogen-bond acceptors (Lipinski definition) is 3. The molecule has 1 aliphatic carbocycles. The van der Waals surface area contributed by atoms with E-state index < -0.39 is 5.60 Å². The molecule has 0 aliphatic heterocycles. The van der Waals surface area contributed by atoms with Crippen molar-refractivity contribution < 1.29 is 5.11 Å². The van der Waals surface area contributed by atoms with Crippen molar-refractivity contribution >= 4 is 0 Å². The van der Waals surface area contributed by atoms with Crippen LogP contribution in [0.5, 0.6) is 0 Å². The second kappa shape index (κ2) is 4.78. The molecule has 0 bridgehead atoms. The lowest BCUT2D eigenvalue weighted by atomic mass is 9.79. The zero-order valence-corrected chi connectivity index (χ0v) is 10.8. The highest BCUT2D eigenvalue weighted by atomic mass is 16.3. The maximum Gasteiger partial charge on any atom is 0.0704 e. The largest absolute Gasteiger partial charge is 0.389 e. The molecule has 1 fully saturated rings. The van der Waals surface area contributed by atoms with E-state index in [1.54, 1.807) is 0 Å². The lowest BCUT2D eigenvalue weighted by Crippen LogP contribution is -2.40. The molecule has 4 nitrogen and oxygen atoms in total. The van der Waals surface area contributed by atoms with Crippen LogP contribution in [0.25, 0.3) is 0 Å². The maximum absolute atomic E-state index is 10.6. The second-order valence-electron chi connectivity index (χ2n) is 5.34. The normalized spacial score (nSPS) is 29.5. The molecule has 0 spiro atoms. The fourth-order valence-corrected chi connectivity index (χ4v) is 2.60. The fraction of sp³-hybridized carbons (Fsp3) is 0.769. The summed E-state index contributed by atoms with van der Waals surface area (Å²) in [6.45, 7) is 2.10. The average Bonchev–Trinajstić information content (AvgIpc) is 2.64. The maximum atomic E-state index is 10.6. The number of hydrogen-bond donors (Lipinski definition) is 2. The third-order valence-electron chi connectivity index (χ3n) is 3.86. The molecule has 96 valence electrons. The van der Waals surface area contributed by atoms with E-state index in [9.17, 15) is 5.11 Å². The van der Waals surface area contributed by atoms with Gasteiger partial charge >= 0.3 is 0 Å². The highest BCUT2D eigenvalue weighted by Crippen LogP contribution is 2.30. The minimum Gasteiger partial charge on any atom is -0.389 e. The summed E-state index contributed by atoms with van der Waals surface area (Å²) < 4.78 is 1.89. The van der Waals surface area contributed by atoms with Crippen molar-refractivity contribution in [2.75, 3.05) is 0 Å². The van der Waals surface area contributed by atoms with Gasteiger partial charge in [-0.15, -0.1) is 0 Å². The lowest BCUT2D eigenvalue weighted by Gasteiger charge is -2.34. The van der Waals surface area contributed by atoms with Crippen molar-refractivity contribution in [1.29, 1.82) is 0 Å². The smallest absolute Gasteiger partial charge is 0.0704 e. The molecular formula is C13H23N3O. The quantitative estimate of drug-likeness (QED) is 0.829. The summed E-state index contributed by atoms with van der Waals surface area (Å²) >= 11 is 0. The first-order chi connectivity index (χ1) is 8.02. The molecule has 0 saturated heterocycles. The van der Waals surface area contributed by atoms with Gasteiger partial charge in [-0.3, -0.25) is 4.68 Å². The molecule has 0 aromatic carbocycles.